The number of hydrogen-bond acceptors (Lipinski definition) is 1. The molecule has 0 saturated carbocycles. The van der Waals surface area contributed by atoms with Gasteiger partial charge in [-0.1, -0.05) is 54.6 Å². The maximum atomic E-state index is 4.86. The number of imidazole rings is 2. The van der Waals surface area contributed by atoms with Crippen molar-refractivity contribution in [1.29, 1.82) is 0 Å². The van der Waals surface area contributed by atoms with Gasteiger partial charge in [0.1, 0.15) is 0 Å². The molecule has 0 amide bonds. The van der Waals surface area contributed by atoms with Gasteiger partial charge >= 0.3 is 0 Å². The zero-order chi connectivity index (χ0) is 20.5. The van der Waals surface area contributed by atoms with Crippen LogP contribution < -0.4 is 0 Å². The molecule has 0 saturated heterocycles. The summed E-state index contributed by atoms with van der Waals surface area (Å²) in [4.78, 5) is 4.86. The third-order valence-corrected chi connectivity index (χ3v) is 6.51. The van der Waals surface area contributed by atoms with Crippen LogP contribution in [0, 0.1) is 0 Å². The minimum Gasteiger partial charge on any atom is -0.336 e. The van der Waals surface area contributed by atoms with Crippen molar-refractivity contribution in [3.63, 3.8) is 0 Å². The smallest absolute Gasteiger partial charge is 0.215 e. The molecule has 3 aromatic heterocycles. The molecule has 0 spiro atoms. The summed E-state index contributed by atoms with van der Waals surface area (Å²) in [6.45, 7) is 0.826. The average Bonchev–Trinajstić information content (AvgIpc) is 3.43. The van der Waals surface area contributed by atoms with E-state index in [9.17, 15) is 0 Å². The van der Waals surface area contributed by atoms with Crippen LogP contribution >= 0.6 is 0 Å². The fourth-order valence-corrected chi connectivity index (χ4v) is 5.07. The van der Waals surface area contributed by atoms with Crippen molar-refractivity contribution in [1.82, 2.24) is 18.5 Å². The second kappa shape index (κ2) is 5.99. The molecule has 4 nitrogen and oxygen atoms in total. The van der Waals surface area contributed by atoms with Crippen LogP contribution in [0.4, 0.5) is 0 Å². The average molecular weight is 400 g/mol. The minimum atomic E-state index is 0.826. The Balaban J connectivity index is 1.48. The lowest BCUT2D eigenvalue weighted by Gasteiger charge is -2.08. The second-order valence-corrected chi connectivity index (χ2v) is 8.24. The topological polar surface area (TPSA) is 27.2 Å². The molecule has 0 atom stereocenters. The summed E-state index contributed by atoms with van der Waals surface area (Å²) < 4.78 is 6.89. The number of fused-ring (bicyclic) bond motifs is 8. The van der Waals surface area contributed by atoms with E-state index < -0.39 is 0 Å². The SMILES string of the molecule is Cn1c2ccc(Cn3c4ccccc4c4ccccc43)cc2n2c3ccccc3nc12. The fourth-order valence-electron chi connectivity index (χ4n) is 5.07. The Kier molecular flexibility index (Phi) is 3.23. The van der Waals surface area contributed by atoms with Gasteiger partial charge in [-0.3, -0.25) is 4.40 Å². The highest BCUT2D eigenvalue weighted by molar-refractivity contribution is 6.08. The quantitative estimate of drug-likeness (QED) is 0.343. The molecule has 0 unspecified atom stereocenters. The standard InChI is InChI=1S/C27H20N4/c1-29-25-15-14-18(16-26(25)31-24-13-7-4-10-21(24)28-27(29)31)17-30-22-11-5-2-8-19(22)20-9-3-6-12-23(20)30/h2-16H,17H2,1H3. The number of aromatic nitrogens is 4. The van der Waals surface area contributed by atoms with Crippen LogP contribution in [0.25, 0.3) is 49.7 Å². The van der Waals surface area contributed by atoms with Gasteiger partial charge in [0.25, 0.3) is 0 Å². The summed E-state index contributed by atoms with van der Waals surface area (Å²) in [7, 11) is 2.09. The van der Waals surface area contributed by atoms with Gasteiger partial charge in [-0.2, -0.15) is 0 Å². The Labute approximate surface area is 178 Å². The van der Waals surface area contributed by atoms with E-state index in [-0.39, 0.29) is 0 Å². The van der Waals surface area contributed by atoms with E-state index in [1.807, 2.05) is 6.07 Å². The van der Waals surface area contributed by atoms with Crippen LogP contribution in [-0.2, 0) is 13.6 Å². The predicted molar refractivity (Wildman–Crippen MR) is 128 cm³/mol. The van der Waals surface area contributed by atoms with Gasteiger partial charge in [0.2, 0.25) is 5.78 Å². The first kappa shape index (κ1) is 16.7. The molecular formula is C27H20N4. The van der Waals surface area contributed by atoms with Crippen LogP contribution in [-0.4, -0.2) is 18.5 Å². The first-order valence-electron chi connectivity index (χ1n) is 10.6. The highest BCUT2D eigenvalue weighted by Crippen LogP contribution is 2.31. The lowest BCUT2D eigenvalue weighted by Crippen LogP contribution is -1.99. The Morgan fingerprint density at radius 1 is 0.645 bits per heavy atom. The highest BCUT2D eigenvalue weighted by Gasteiger charge is 2.15. The number of nitrogens with zero attached hydrogens (tertiary/aromatic N) is 4. The fraction of sp³-hybridized carbons (Fsp3) is 0.0741. The lowest BCUT2D eigenvalue weighted by molar-refractivity contribution is 0.870. The van der Waals surface area contributed by atoms with E-state index in [1.54, 1.807) is 0 Å². The molecule has 31 heavy (non-hydrogen) atoms. The Bertz CT molecular complexity index is 1720. The van der Waals surface area contributed by atoms with E-state index >= 15 is 0 Å². The van der Waals surface area contributed by atoms with Gasteiger partial charge < -0.3 is 9.13 Å². The third kappa shape index (κ3) is 2.22. The maximum absolute atomic E-state index is 4.86. The maximum Gasteiger partial charge on any atom is 0.215 e. The Morgan fingerprint density at radius 2 is 1.29 bits per heavy atom. The van der Waals surface area contributed by atoms with E-state index in [0.717, 1.165) is 23.4 Å². The van der Waals surface area contributed by atoms with Crippen molar-refractivity contribution in [3.05, 3.63) is 96.6 Å². The molecule has 4 heteroatoms. The number of para-hydroxylation sites is 4. The first-order chi connectivity index (χ1) is 15.3. The molecule has 0 aliphatic carbocycles. The minimum absolute atomic E-state index is 0.826. The molecule has 0 fully saturated rings. The molecular weight excluding hydrogens is 380 g/mol. The molecule has 148 valence electrons. The third-order valence-electron chi connectivity index (χ3n) is 6.51. The molecule has 4 aromatic carbocycles. The molecule has 7 aromatic rings. The summed E-state index contributed by atoms with van der Waals surface area (Å²) in [5.41, 5.74) is 8.40. The summed E-state index contributed by atoms with van der Waals surface area (Å²) >= 11 is 0. The molecule has 0 radical (unpaired) electrons. The zero-order valence-corrected chi connectivity index (χ0v) is 17.2. The zero-order valence-electron chi connectivity index (χ0n) is 17.2. The molecule has 7 rings (SSSR count). The second-order valence-electron chi connectivity index (χ2n) is 8.24. The van der Waals surface area contributed by atoms with E-state index in [0.29, 0.717) is 0 Å². The summed E-state index contributed by atoms with van der Waals surface area (Å²) in [6.07, 6.45) is 0. The van der Waals surface area contributed by atoms with Gasteiger partial charge in [0.05, 0.1) is 22.1 Å². The number of hydrogen-bond donors (Lipinski definition) is 0. The van der Waals surface area contributed by atoms with Crippen molar-refractivity contribution in [2.45, 2.75) is 6.54 Å². The van der Waals surface area contributed by atoms with E-state index in [1.165, 1.54) is 38.4 Å². The largest absolute Gasteiger partial charge is 0.336 e. The van der Waals surface area contributed by atoms with Gasteiger partial charge in [0, 0.05) is 35.4 Å². The van der Waals surface area contributed by atoms with Crippen molar-refractivity contribution in [3.8, 4) is 0 Å². The van der Waals surface area contributed by atoms with Crippen LogP contribution in [0.3, 0.4) is 0 Å². The van der Waals surface area contributed by atoms with Crippen molar-refractivity contribution in [2.75, 3.05) is 0 Å². The Hall–Kier alpha value is -4.05. The van der Waals surface area contributed by atoms with Crippen LogP contribution in [0.15, 0.2) is 91.0 Å². The van der Waals surface area contributed by atoms with Gasteiger partial charge in [-0.15, -0.1) is 0 Å². The normalized spacial score (nSPS) is 12.2. The predicted octanol–water partition coefficient (Wildman–Crippen LogP) is 6.14. The molecule has 0 N–H and O–H groups in total. The monoisotopic (exact) mass is 400 g/mol. The highest BCUT2D eigenvalue weighted by atomic mass is 15.2. The van der Waals surface area contributed by atoms with Crippen LogP contribution in [0.1, 0.15) is 5.56 Å². The summed E-state index contributed by atoms with van der Waals surface area (Å²) in [5.74, 6) is 0.977. The Morgan fingerprint density at radius 3 is 2.03 bits per heavy atom. The summed E-state index contributed by atoms with van der Waals surface area (Å²) in [5, 5.41) is 2.61. The molecule has 0 aliphatic heterocycles. The van der Waals surface area contributed by atoms with E-state index in [2.05, 4.69) is 106 Å². The molecule has 0 aliphatic rings. The van der Waals surface area contributed by atoms with Crippen LogP contribution in [0.5, 0.6) is 0 Å². The number of rotatable bonds is 2. The summed E-state index contributed by atoms with van der Waals surface area (Å²) in [6, 6.07) is 32.5. The number of aryl methyl sites for hydroxylation is 1. The van der Waals surface area contributed by atoms with E-state index in [4.69, 9.17) is 4.98 Å². The van der Waals surface area contributed by atoms with Crippen LogP contribution in [0.2, 0.25) is 0 Å². The van der Waals surface area contributed by atoms with Gasteiger partial charge in [-0.25, -0.2) is 4.98 Å². The lowest BCUT2D eigenvalue weighted by atomic mass is 10.2. The molecule has 0 bridgehead atoms. The number of benzene rings is 4. The molecule has 3 heterocycles. The van der Waals surface area contributed by atoms with Gasteiger partial charge in [0.15, 0.2) is 0 Å². The van der Waals surface area contributed by atoms with Crippen molar-refractivity contribution < 1.29 is 0 Å². The van der Waals surface area contributed by atoms with Crippen molar-refractivity contribution in [2.24, 2.45) is 7.05 Å². The van der Waals surface area contributed by atoms with Gasteiger partial charge in [-0.05, 0) is 42.0 Å². The van der Waals surface area contributed by atoms with Crippen molar-refractivity contribution >= 4 is 49.7 Å². The first-order valence-corrected chi connectivity index (χ1v) is 10.6.